The lowest BCUT2D eigenvalue weighted by atomic mass is 10.2. The molecule has 8 heteroatoms. The molecule has 156 valence electrons. The summed E-state index contributed by atoms with van der Waals surface area (Å²) in [4.78, 5) is 19.7. The quantitative estimate of drug-likeness (QED) is 0.517. The first-order valence-electron chi connectivity index (χ1n) is 9.86. The van der Waals surface area contributed by atoms with Crippen molar-refractivity contribution in [2.45, 2.75) is 38.8 Å². The molecule has 1 aromatic heterocycles. The molecule has 1 amide bonds. The average Bonchev–Trinajstić information content (AvgIpc) is 3.50. The van der Waals surface area contributed by atoms with E-state index in [1.165, 1.54) is 0 Å². The molecule has 0 bridgehead atoms. The highest BCUT2D eigenvalue weighted by Crippen LogP contribution is 2.32. The van der Waals surface area contributed by atoms with E-state index in [4.69, 9.17) is 27.9 Å². The molecule has 1 heterocycles. The molecule has 1 saturated carbocycles. The molecule has 6 nitrogen and oxygen atoms in total. The van der Waals surface area contributed by atoms with Crippen molar-refractivity contribution in [1.29, 1.82) is 0 Å². The minimum absolute atomic E-state index is 0.143. The summed E-state index contributed by atoms with van der Waals surface area (Å²) < 4.78 is 7.03. The standard InChI is InChI=1S/C22H22Cl2N4O2/c1-3-19-25-21(26-28(19)20-16(23)8-6-9-17(20)24)22(29)27(15-11-12-15)13-14-7-4-5-10-18(14)30-2/h4-10,15H,3,11-13H2,1-2H3. The van der Waals surface area contributed by atoms with Crippen LogP contribution in [0.15, 0.2) is 42.5 Å². The molecule has 4 rings (SSSR count). The van der Waals surface area contributed by atoms with Crippen LogP contribution in [0.4, 0.5) is 0 Å². The van der Waals surface area contributed by atoms with E-state index in [-0.39, 0.29) is 17.8 Å². The van der Waals surface area contributed by atoms with Gasteiger partial charge in [-0.2, -0.15) is 0 Å². The number of aryl methyl sites for hydroxylation is 1. The second kappa shape index (κ2) is 8.66. The lowest BCUT2D eigenvalue weighted by Gasteiger charge is -2.22. The molecule has 0 radical (unpaired) electrons. The number of carbonyl (C=O) groups excluding carboxylic acids is 1. The van der Waals surface area contributed by atoms with Crippen LogP contribution in [-0.2, 0) is 13.0 Å². The summed E-state index contributed by atoms with van der Waals surface area (Å²) in [6, 6.07) is 13.1. The number of amides is 1. The van der Waals surface area contributed by atoms with Crippen LogP contribution in [0, 0.1) is 0 Å². The third-order valence-electron chi connectivity index (χ3n) is 5.11. The highest BCUT2D eigenvalue weighted by atomic mass is 35.5. The number of nitrogens with zero attached hydrogens (tertiary/aromatic N) is 4. The van der Waals surface area contributed by atoms with Gasteiger partial charge in [-0.3, -0.25) is 4.79 Å². The lowest BCUT2D eigenvalue weighted by molar-refractivity contribution is 0.0716. The van der Waals surface area contributed by atoms with Gasteiger partial charge in [-0.05, 0) is 31.0 Å². The van der Waals surface area contributed by atoms with Gasteiger partial charge in [0.2, 0.25) is 5.82 Å². The first-order valence-corrected chi connectivity index (χ1v) is 10.6. The van der Waals surface area contributed by atoms with Crippen molar-refractivity contribution in [3.8, 4) is 11.4 Å². The van der Waals surface area contributed by atoms with Gasteiger partial charge in [-0.15, -0.1) is 5.10 Å². The molecule has 0 spiro atoms. The zero-order valence-corrected chi connectivity index (χ0v) is 18.3. The number of halogens is 2. The van der Waals surface area contributed by atoms with E-state index in [0.717, 1.165) is 24.2 Å². The van der Waals surface area contributed by atoms with Gasteiger partial charge < -0.3 is 9.64 Å². The van der Waals surface area contributed by atoms with Crippen molar-refractivity contribution in [3.63, 3.8) is 0 Å². The molecule has 1 fully saturated rings. The molecular weight excluding hydrogens is 423 g/mol. The first-order chi connectivity index (χ1) is 14.5. The molecule has 1 aliphatic rings. The van der Waals surface area contributed by atoms with E-state index in [9.17, 15) is 4.79 Å². The maximum Gasteiger partial charge on any atom is 0.294 e. The van der Waals surface area contributed by atoms with Crippen LogP contribution in [0.3, 0.4) is 0 Å². The van der Waals surface area contributed by atoms with Crippen LogP contribution in [0.2, 0.25) is 10.0 Å². The number of carbonyl (C=O) groups is 1. The zero-order chi connectivity index (χ0) is 21.3. The van der Waals surface area contributed by atoms with Crippen molar-refractivity contribution in [2.75, 3.05) is 7.11 Å². The van der Waals surface area contributed by atoms with Gasteiger partial charge in [0, 0.05) is 18.0 Å². The van der Waals surface area contributed by atoms with Crippen LogP contribution in [0.25, 0.3) is 5.69 Å². The minimum atomic E-state index is -0.208. The fraction of sp³-hybridized carbons (Fsp3) is 0.318. The summed E-state index contributed by atoms with van der Waals surface area (Å²) in [6.07, 6.45) is 2.52. The highest BCUT2D eigenvalue weighted by molar-refractivity contribution is 6.37. The molecule has 1 aliphatic carbocycles. The third-order valence-corrected chi connectivity index (χ3v) is 5.72. The highest BCUT2D eigenvalue weighted by Gasteiger charge is 2.35. The third kappa shape index (κ3) is 4.02. The maximum atomic E-state index is 13.4. The van der Waals surface area contributed by atoms with Crippen LogP contribution in [0.1, 0.15) is 41.8 Å². The molecule has 0 N–H and O–H groups in total. The van der Waals surface area contributed by atoms with Crippen LogP contribution < -0.4 is 4.74 Å². The van der Waals surface area contributed by atoms with Gasteiger partial charge in [-0.1, -0.05) is 54.4 Å². The van der Waals surface area contributed by atoms with Gasteiger partial charge in [0.05, 0.1) is 23.7 Å². The minimum Gasteiger partial charge on any atom is -0.496 e. The van der Waals surface area contributed by atoms with Gasteiger partial charge >= 0.3 is 0 Å². The second-order valence-corrected chi connectivity index (χ2v) is 7.98. The number of methoxy groups -OCH3 is 1. The van der Waals surface area contributed by atoms with Crippen LogP contribution >= 0.6 is 23.2 Å². The summed E-state index contributed by atoms with van der Waals surface area (Å²) in [5, 5.41) is 5.41. The van der Waals surface area contributed by atoms with Crippen molar-refractivity contribution in [2.24, 2.45) is 0 Å². The van der Waals surface area contributed by atoms with Gasteiger partial charge in [0.15, 0.2) is 0 Å². The molecule has 0 atom stereocenters. The van der Waals surface area contributed by atoms with E-state index in [0.29, 0.717) is 34.5 Å². The van der Waals surface area contributed by atoms with E-state index < -0.39 is 0 Å². The van der Waals surface area contributed by atoms with Crippen molar-refractivity contribution < 1.29 is 9.53 Å². The Kier molecular flexibility index (Phi) is 5.97. The SMILES string of the molecule is CCc1nc(C(=O)N(Cc2ccccc2OC)C2CC2)nn1-c1c(Cl)cccc1Cl. The predicted octanol–water partition coefficient (Wildman–Crippen LogP) is 4.95. The Labute approximate surface area is 185 Å². The fourth-order valence-corrected chi connectivity index (χ4v) is 3.99. The molecular formula is C22H22Cl2N4O2. The van der Waals surface area contributed by atoms with Gasteiger partial charge in [0.1, 0.15) is 17.3 Å². The average molecular weight is 445 g/mol. The summed E-state index contributed by atoms with van der Waals surface area (Å²) in [5.41, 5.74) is 1.48. The van der Waals surface area contributed by atoms with E-state index in [1.807, 2.05) is 36.1 Å². The largest absolute Gasteiger partial charge is 0.496 e. The Balaban J connectivity index is 1.69. The lowest BCUT2D eigenvalue weighted by Crippen LogP contribution is -2.33. The Hall–Kier alpha value is -2.57. The van der Waals surface area contributed by atoms with E-state index >= 15 is 0 Å². The molecule has 3 aromatic rings. The number of rotatable bonds is 7. The predicted molar refractivity (Wildman–Crippen MR) is 117 cm³/mol. The maximum absolute atomic E-state index is 13.4. The number of hydrogen-bond donors (Lipinski definition) is 0. The number of aromatic nitrogens is 3. The number of benzene rings is 2. The normalized spacial score (nSPS) is 13.3. The van der Waals surface area contributed by atoms with Gasteiger partial charge in [-0.25, -0.2) is 9.67 Å². The number of hydrogen-bond acceptors (Lipinski definition) is 4. The second-order valence-electron chi connectivity index (χ2n) is 7.16. The first kappa shape index (κ1) is 20.7. The summed E-state index contributed by atoms with van der Waals surface area (Å²) in [7, 11) is 1.63. The monoisotopic (exact) mass is 444 g/mol. The molecule has 0 aliphatic heterocycles. The van der Waals surface area contributed by atoms with E-state index in [2.05, 4.69) is 10.1 Å². The summed E-state index contributed by atoms with van der Waals surface area (Å²) in [6.45, 7) is 2.39. The Morgan fingerprint density at radius 3 is 2.50 bits per heavy atom. The topological polar surface area (TPSA) is 60.3 Å². The number of para-hydroxylation sites is 2. The molecule has 30 heavy (non-hydrogen) atoms. The van der Waals surface area contributed by atoms with Gasteiger partial charge in [0.25, 0.3) is 5.91 Å². The van der Waals surface area contributed by atoms with Crippen molar-refractivity contribution in [3.05, 3.63) is 69.7 Å². The summed E-state index contributed by atoms with van der Waals surface area (Å²) >= 11 is 12.7. The van der Waals surface area contributed by atoms with Crippen molar-refractivity contribution in [1.82, 2.24) is 19.7 Å². The molecule has 0 unspecified atom stereocenters. The zero-order valence-electron chi connectivity index (χ0n) is 16.8. The van der Waals surface area contributed by atoms with Crippen LogP contribution in [0.5, 0.6) is 5.75 Å². The number of ether oxygens (including phenoxy) is 1. The smallest absolute Gasteiger partial charge is 0.294 e. The van der Waals surface area contributed by atoms with Crippen molar-refractivity contribution >= 4 is 29.1 Å². The molecule has 2 aromatic carbocycles. The Bertz CT molecular complexity index is 1060. The molecule has 0 saturated heterocycles. The van der Waals surface area contributed by atoms with Crippen LogP contribution in [-0.4, -0.2) is 38.7 Å². The Morgan fingerprint density at radius 2 is 1.87 bits per heavy atom. The fourth-order valence-electron chi connectivity index (χ4n) is 3.43. The summed E-state index contributed by atoms with van der Waals surface area (Å²) in [5.74, 6) is 1.32. The van der Waals surface area contributed by atoms with E-state index in [1.54, 1.807) is 30.0 Å². The Morgan fingerprint density at radius 1 is 1.17 bits per heavy atom.